The second-order valence-electron chi connectivity index (χ2n) is 10.7. The smallest absolute Gasteiger partial charge is 0.260 e. The van der Waals surface area contributed by atoms with E-state index < -0.39 is 17.5 Å². The number of aromatic nitrogens is 1. The third kappa shape index (κ3) is 5.25. The Balaban J connectivity index is 1.37. The van der Waals surface area contributed by atoms with Crippen LogP contribution in [-0.2, 0) is 6.42 Å². The van der Waals surface area contributed by atoms with Crippen molar-refractivity contribution >= 4 is 18.0 Å². The van der Waals surface area contributed by atoms with Gasteiger partial charge in [-0.15, -0.1) is 11.8 Å². The average molecular weight is 596 g/mol. The van der Waals surface area contributed by atoms with Gasteiger partial charge in [0.2, 0.25) is 0 Å². The molecule has 0 bridgehead atoms. The number of hydrogen-bond donors (Lipinski definition) is 1. The van der Waals surface area contributed by atoms with E-state index in [0.717, 1.165) is 26.2 Å². The van der Waals surface area contributed by atoms with Crippen molar-refractivity contribution in [3.8, 4) is 16.9 Å². The third-order valence-corrected chi connectivity index (χ3v) is 9.57. The van der Waals surface area contributed by atoms with Crippen molar-refractivity contribution in [1.82, 2.24) is 19.7 Å². The van der Waals surface area contributed by atoms with Crippen LogP contribution in [-0.4, -0.2) is 72.3 Å². The van der Waals surface area contributed by atoms with Gasteiger partial charge in [0.25, 0.3) is 5.56 Å². The number of aliphatic imine (C=N–C) groups is 1. The van der Waals surface area contributed by atoms with E-state index in [4.69, 9.17) is 4.74 Å². The highest BCUT2D eigenvalue weighted by atomic mass is 32.2. The Kier molecular flexibility index (Phi) is 8.15. The highest BCUT2D eigenvalue weighted by Gasteiger charge is 2.34. The minimum absolute atomic E-state index is 0.0234. The first-order valence-corrected chi connectivity index (χ1v) is 14.9. The molecule has 11 heteroatoms. The summed E-state index contributed by atoms with van der Waals surface area (Å²) in [5.41, 5.74) is 1.06. The Morgan fingerprint density at radius 2 is 1.79 bits per heavy atom. The van der Waals surface area contributed by atoms with E-state index in [-0.39, 0.29) is 46.6 Å². The molecule has 2 atom stereocenters. The van der Waals surface area contributed by atoms with Gasteiger partial charge in [-0.05, 0) is 36.2 Å². The second-order valence-corrected chi connectivity index (χ2v) is 11.7. The zero-order chi connectivity index (χ0) is 29.4. The molecule has 0 radical (unpaired) electrons. The van der Waals surface area contributed by atoms with E-state index >= 15 is 4.39 Å². The lowest BCUT2D eigenvalue weighted by Gasteiger charge is -2.39. The molecule has 4 heterocycles. The lowest BCUT2D eigenvalue weighted by molar-refractivity contribution is 0.103. The normalized spacial score (nSPS) is 20.5. The number of hydrogen-bond acceptors (Lipinski definition) is 7. The van der Waals surface area contributed by atoms with E-state index in [2.05, 4.69) is 20.1 Å². The summed E-state index contributed by atoms with van der Waals surface area (Å²) in [7, 11) is 1.37. The zero-order valence-electron chi connectivity index (χ0n) is 23.4. The molecule has 1 aromatic heterocycles. The summed E-state index contributed by atoms with van der Waals surface area (Å²) in [5.74, 6) is -1.29. The lowest BCUT2D eigenvalue weighted by Crippen LogP contribution is -2.55. The lowest BCUT2D eigenvalue weighted by atomic mass is 9.94. The Morgan fingerprint density at radius 1 is 1.05 bits per heavy atom. The zero-order valence-corrected chi connectivity index (χ0v) is 24.3. The van der Waals surface area contributed by atoms with Crippen LogP contribution in [0.2, 0.25) is 0 Å². The van der Waals surface area contributed by atoms with E-state index in [0.29, 0.717) is 28.5 Å². The topological polar surface area (TPSA) is 62.1 Å². The molecule has 3 aromatic rings. The molecule has 1 fully saturated rings. The number of thioether (sulfide) groups is 1. The van der Waals surface area contributed by atoms with Crippen molar-refractivity contribution in [1.29, 1.82) is 0 Å². The van der Waals surface area contributed by atoms with Crippen LogP contribution in [0.15, 0.2) is 63.6 Å². The van der Waals surface area contributed by atoms with Gasteiger partial charge in [-0.2, -0.15) is 0 Å². The van der Waals surface area contributed by atoms with Crippen molar-refractivity contribution in [2.45, 2.75) is 30.6 Å². The number of methoxy groups -OCH3 is 1. The van der Waals surface area contributed by atoms with Crippen LogP contribution in [0.5, 0.6) is 5.75 Å². The maximum atomic E-state index is 15.6. The van der Waals surface area contributed by atoms with Gasteiger partial charge in [0.15, 0.2) is 11.6 Å². The van der Waals surface area contributed by atoms with Gasteiger partial charge in [-0.1, -0.05) is 18.2 Å². The van der Waals surface area contributed by atoms with Gasteiger partial charge in [0, 0.05) is 74.6 Å². The summed E-state index contributed by atoms with van der Waals surface area (Å²) in [6, 6.07) is 8.29. The van der Waals surface area contributed by atoms with Crippen molar-refractivity contribution in [3.05, 3.63) is 93.3 Å². The van der Waals surface area contributed by atoms with Crippen molar-refractivity contribution in [2.24, 2.45) is 4.99 Å². The standard InChI is InChI=1S/C31H32F3N5O2S/c1-19-22(15-23-24(32)6-4-7-25(23)33)31-39(30(40)28(19)21-5-3-8-26(41-2)29(21)34)20(18-42-31)17-37-11-13-38(14-12-37)27-16-35-9-10-36-27/h3-10,16,20,27,36H,11-15,17-18H2,1-2H3. The number of piperazine rings is 1. The van der Waals surface area contributed by atoms with E-state index in [1.807, 2.05) is 12.4 Å². The molecule has 0 saturated carbocycles. The number of halogens is 3. The first-order valence-electron chi connectivity index (χ1n) is 13.9. The molecule has 6 rings (SSSR count). The first-order chi connectivity index (χ1) is 20.4. The Morgan fingerprint density at radius 3 is 2.48 bits per heavy atom. The summed E-state index contributed by atoms with van der Waals surface area (Å²) in [4.78, 5) is 23.1. The first kappa shape index (κ1) is 28.6. The Bertz CT molecular complexity index is 1600. The predicted octanol–water partition coefficient (Wildman–Crippen LogP) is 4.58. The number of fused-ring (bicyclic) bond motifs is 1. The maximum absolute atomic E-state index is 15.6. The molecule has 2 aromatic carbocycles. The monoisotopic (exact) mass is 595 g/mol. The van der Waals surface area contributed by atoms with Crippen LogP contribution >= 0.6 is 11.8 Å². The molecule has 3 aliphatic heterocycles. The van der Waals surface area contributed by atoms with Gasteiger partial charge in [0.1, 0.15) is 17.8 Å². The molecule has 3 aliphatic rings. The van der Waals surface area contributed by atoms with Crippen molar-refractivity contribution < 1.29 is 17.9 Å². The SMILES string of the molecule is COc1cccc(-c2c(C)c(Cc3c(F)cccc3F)c3n(c2=O)C(CN2CCN(C4C=NC=CN4)CC2)CS3)c1F. The second kappa shape index (κ2) is 12.0. The molecule has 0 aliphatic carbocycles. The molecular weight excluding hydrogens is 563 g/mol. The average Bonchev–Trinajstić information content (AvgIpc) is 3.42. The largest absolute Gasteiger partial charge is 0.494 e. The Labute approximate surface area is 246 Å². The summed E-state index contributed by atoms with van der Waals surface area (Å²) < 4.78 is 52.1. The fourth-order valence-corrected chi connectivity index (χ4v) is 7.42. The molecule has 0 amide bonds. The molecule has 2 unspecified atom stereocenters. The fourth-order valence-electron chi connectivity index (χ4n) is 6.05. The number of rotatable bonds is 7. The maximum Gasteiger partial charge on any atom is 0.260 e. The molecule has 1 N–H and O–H groups in total. The molecular formula is C31H32F3N5O2S. The summed E-state index contributed by atoms with van der Waals surface area (Å²) in [5, 5.41) is 3.99. The van der Waals surface area contributed by atoms with Crippen LogP contribution in [0.25, 0.3) is 11.1 Å². The molecule has 42 heavy (non-hydrogen) atoms. The van der Waals surface area contributed by atoms with Gasteiger partial charge in [0.05, 0.1) is 23.7 Å². The van der Waals surface area contributed by atoms with Crippen molar-refractivity contribution in [3.63, 3.8) is 0 Å². The van der Waals surface area contributed by atoms with Crippen LogP contribution in [0.3, 0.4) is 0 Å². The highest BCUT2D eigenvalue weighted by molar-refractivity contribution is 7.99. The van der Waals surface area contributed by atoms with Gasteiger partial charge in [-0.25, -0.2) is 13.2 Å². The van der Waals surface area contributed by atoms with Crippen LogP contribution in [0.4, 0.5) is 13.2 Å². The van der Waals surface area contributed by atoms with Crippen LogP contribution < -0.4 is 15.6 Å². The van der Waals surface area contributed by atoms with E-state index in [1.54, 1.807) is 29.8 Å². The number of ether oxygens (including phenoxy) is 1. The molecule has 1 saturated heterocycles. The Hall–Kier alpha value is -3.54. The summed E-state index contributed by atoms with van der Waals surface area (Å²) in [6.07, 6.45) is 5.46. The van der Waals surface area contributed by atoms with Gasteiger partial charge >= 0.3 is 0 Å². The van der Waals surface area contributed by atoms with Crippen molar-refractivity contribution in [2.75, 3.05) is 45.6 Å². The summed E-state index contributed by atoms with van der Waals surface area (Å²) >= 11 is 1.52. The quantitative estimate of drug-likeness (QED) is 0.432. The van der Waals surface area contributed by atoms with E-state index in [1.165, 1.54) is 43.1 Å². The fraction of sp³-hybridized carbons (Fsp3) is 0.355. The van der Waals surface area contributed by atoms with Crippen LogP contribution in [0.1, 0.15) is 22.7 Å². The molecule has 0 spiro atoms. The number of nitrogens with zero attached hydrogens (tertiary/aromatic N) is 4. The predicted molar refractivity (Wildman–Crippen MR) is 159 cm³/mol. The van der Waals surface area contributed by atoms with Gasteiger partial charge < -0.3 is 10.1 Å². The molecule has 220 valence electrons. The van der Waals surface area contributed by atoms with Crippen LogP contribution in [0, 0.1) is 24.4 Å². The third-order valence-electron chi connectivity index (χ3n) is 8.31. The number of pyridine rings is 1. The number of benzene rings is 2. The van der Waals surface area contributed by atoms with Gasteiger partial charge in [-0.3, -0.25) is 24.2 Å². The highest BCUT2D eigenvalue weighted by Crippen LogP contribution is 2.41. The minimum atomic E-state index is -0.654. The number of nitrogens with one attached hydrogen (secondary N) is 1. The summed E-state index contributed by atoms with van der Waals surface area (Å²) in [6.45, 7) is 5.68. The van der Waals surface area contributed by atoms with E-state index in [9.17, 15) is 13.6 Å². The minimum Gasteiger partial charge on any atom is -0.494 e. The molecule has 7 nitrogen and oxygen atoms in total.